The molecule has 0 spiro atoms. The summed E-state index contributed by atoms with van der Waals surface area (Å²) in [4.78, 5) is 0. The molecule has 1 N–H and O–H groups in total. The summed E-state index contributed by atoms with van der Waals surface area (Å²) < 4.78 is 5.80. The number of aliphatic hydroxyl groups is 1. The van der Waals surface area contributed by atoms with Gasteiger partial charge in [-0.25, -0.2) is 0 Å². The Labute approximate surface area is 102 Å². The van der Waals surface area contributed by atoms with Crippen LogP contribution in [0.25, 0.3) is 10.8 Å². The number of fused-ring (bicyclic) bond motifs is 1. The van der Waals surface area contributed by atoms with Crippen LogP contribution in [0.4, 0.5) is 0 Å². The molecule has 2 aromatic rings. The van der Waals surface area contributed by atoms with Crippen LogP contribution in [0.5, 0.6) is 5.75 Å². The maximum absolute atomic E-state index is 9.78. The van der Waals surface area contributed by atoms with Crippen molar-refractivity contribution in [3.63, 3.8) is 0 Å². The van der Waals surface area contributed by atoms with Crippen molar-refractivity contribution in [2.24, 2.45) is 0 Å². The van der Waals surface area contributed by atoms with E-state index >= 15 is 0 Å². The molecular weight excluding hydrogens is 212 g/mol. The van der Waals surface area contributed by atoms with Gasteiger partial charge < -0.3 is 9.84 Å². The molecular formula is C15H18O2. The summed E-state index contributed by atoms with van der Waals surface area (Å²) >= 11 is 0. The predicted octanol–water partition coefficient (Wildman–Crippen LogP) is 3.68. The van der Waals surface area contributed by atoms with E-state index in [9.17, 15) is 5.11 Å². The van der Waals surface area contributed by atoms with Gasteiger partial charge in [-0.15, -0.1) is 0 Å². The Kier molecular flexibility index (Phi) is 3.64. The average molecular weight is 230 g/mol. The normalized spacial score (nSPS) is 12.6. The van der Waals surface area contributed by atoms with E-state index in [1.165, 1.54) is 0 Å². The van der Waals surface area contributed by atoms with E-state index in [4.69, 9.17) is 4.74 Å². The lowest BCUT2D eigenvalue weighted by atomic mass is 10.0. The van der Waals surface area contributed by atoms with Crippen LogP contribution in [0.3, 0.4) is 0 Å². The van der Waals surface area contributed by atoms with Crippen LogP contribution in [0.15, 0.2) is 36.4 Å². The fraction of sp³-hybridized carbons (Fsp3) is 0.333. The number of ether oxygens (including phenoxy) is 1. The fourth-order valence-electron chi connectivity index (χ4n) is 1.95. The zero-order valence-electron chi connectivity index (χ0n) is 10.3. The van der Waals surface area contributed by atoms with Crippen LogP contribution in [0.1, 0.15) is 31.9 Å². The summed E-state index contributed by atoms with van der Waals surface area (Å²) in [5.41, 5.74) is 0.858. The quantitative estimate of drug-likeness (QED) is 0.868. The Morgan fingerprint density at radius 2 is 1.94 bits per heavy atom. The van der Waals surface area contributed by atoms with Gasteiger partial charge in [0.2, 0.25) is 0 Å². The summed E-state index contributed by atoms with van der Waals surface area (Å²) in [5, 5.41) is 12.0. The van der Waals surface area contributed by atoms with Crippen molar-refractivity contribution in [2.45, 2.75) is 26.4 Å². The van der Waals surface area contributed by atoms with Crippen LogP contribution < -0.4 is 4.74 Å². The first-order chi connectivity index (χ1) is 8.24. The Hall–Kier alpha value is -1.54. The fourth-order valence-corrected chi connectivity index (χ4v) is 1.95. The lowest BCUT2D eigenvalue weighted by Gasteiger charge is -2.15. The molecule has 0 heterocycles. The van der Waals surface area contributed by atoms with Crippen molar-refractivity contribution in [1.82, 2.24) is 0 Å². The largest absolute Gasteiger partial charge is 0.493 e. The highest BCUT2D eigenvalue weighted by Crippen LogP contribution is 2.33. The minimum atomic E-state index is -0.508. The standard InChI is InChI=1S/C15H18O2/c1-3-10-17-15-13(11(2)16)9-8-12-6-4-5-7-14(12)15/h4-9,11,16H,3,10H2,1-2H3/t11-/m0/s1. The van der Waals surface area contributed by atoms with Crippen molar-refractivity contribution >= 4 is 10.8 Å². The Bertz CT molecular complexity index is 503. The first-order valence-electron chi connectivity index (χ1n) is 6.06. The second kappa shape index (κ2) is 5.19. The van der Waals surface area contributed by atoms with Crippen LogP contribution in [0.2, 0.25) is 0 Å². The van der Waals surface area contributed by atoms with E-state index in [2.05, 4.69) is 13.0 Å². The van der Waals surface area contributed by atoms with Crippen molar-refractivity contribution in [1.29, 1.82) is 0 Å². The highest BCUT2D eigenvalue weighted by atomic mass is 16.5. The third-order valence-electron chi connectivity index (χ3n) is 2.81. The molecule has 0 saturated carbocycles. The molecule has 0 aliphatic rings. The maximum Gasteiger partial charge on any atom is 0.132 e. The first kappa shape index (κ1) is 11.9. The predicted molar refractivity (Wildman–Crippen MR) is 70.4 cm³/mol. The van der Waals surface area contributed by atoms with Crippen molar-refractivity contribution < 1.29 is 9.84 Å². The monoisotopic (exact) mass is 230 g/mol. The van der Waals surface area contributed by atoms with Gasteiger partial charge in [0, 0.05) is 10.9 Å². The molecule has 0 radical (unpaired) electrons. The molecule has 0 aliphatic carbocycles. The topological polar surface area (TPSA) is 29.5 Å². The van der Waals surface area contributed by atoms with E-state index in [-0.39, 0.29) is 0 Å². The highest BCUT2D eigenvalue weighted by Gasteiger charge is 2.12. The van der Waals surface area contributed by atoms with Gasteiger partial charge in [0.1, 0.15) is 5.75 Å². The van der Waals surface area contributed by atoms with E-state index in [1.54, 1.807) is 6.92 Å². The van der Waals surface area contributed by atoms with Crippen LogP contribution in [-0.2, 0) is 0 Å². The van der Waals surface area contributed by atoms with E-state index < -0.39 is 6.10 Å². The maximum atomic E-state index is 9.78. The number of aliphatic hydroxyl groups excluding tert-OH is 1. The second-order valence-electron chi connectivity index (χ2n) is 4.23. The molecule has 0 amide bonds. The number of rotatable bonds is 4. The van der Waals surface area contributed by atoms with Gasteiger partial charge in [-0.1, -0.05) is 43.3 Å². The molecule has 0 aliphatic heterocycles. The summed E-state index contributed by atoms with van der Waals surface area (Å²) in [6.07, 6.45) is 0.453. The zero-order chi connectivity index (χ0) is 12.3. The molecule has 0 aromatic heterocycles. The summed E-state index contributed by atoms with van der Waals surface area (Å²) in [6, 6.07) is 12.1. The van der Waals surface area contributed by atoms with Gasteiger partial charge in [-0.3, -0.25) is 0 Å². The third-order valence-corrected chi connectivity index (χ3v) is 2.81. The average Bonchev–Trinajstić information content (AvgIpc) is 2.35. The zero-order valence-corrected chi connectivity index (χ0v) is 10.3. The molecule has 2 nitrogen and oxygen atoms in total. The Morgan fingerprint density at radius 3 is 2.65 bits per heavy atom. The van der Waals surface area contributed by atoms with Crippen LogP contribution in [-0.4, -0.2) is 11.7 Å². The third kappa shape index (κ3) is 2.42. The summed E-state index contributed by atoms with van der Waals surface area (Å²) in [5.74, 6) is 0.819. The molecule has 0 saturated heterocycles. The van der Waals surface area contributed by atoms with Gasteiger partial charge in [0.05, 0.1) is 12.7 Å². The molecule has 0 bridgehead atoms. The Balaban J connectivity index is 2.57. The number of benzene rings is 2. The molecule has 0 fully saturated rings. The van der Waals surface area contributed by atoms with Gasteiger partial charge in [0.15, 0.2) is 0 Å². The Morgan fingerprint density at radius 1 is 1.18 bits per heavy atom. The van der Waals surface area contributed by atoms with Crippen molar-refractivity contribution in [3.8, 4) is 5.75 Å². The molecule has 0 unspecified atom stereocenters. The van der Waals surface area contributed by atoms with Gasteiger partial charge >= 0.3 is 0 Å². The lowest BCUT2D eigenvalue weighted by molar-refractivity contribution is 0.192. The van der Waals surface area contributed by atoms with Crippen LogP contribution in [0, 0.1) is 0 Å². The second-order valence-corrected chi connectivity index (χ2v) is 4.23. The molecule has 17 heavy (non-hydrogen) atoms. The van der Waals surface area contributed by atoms with Gasteiger partial charge in [-0.05, 0) is 18.7 Å². The highest BCUT2D eigenvalue weighted by molar-refractivity contribution is 5.89. The smallest absolute Gasteiger partial charge is 0.132 e. The molecule has 2 aromatic carbocycles. The number of hydrogen-bond acceptors (Lipinski definition) is 2. The molecule has 2 rings (SSSR count). The summed E-state index contributed by atoms with van der Waals surface area (Å²) in [7, 11) is 0. The lowest BCUT2D eigenvalue weighted by Crippen LogP contribution is -2.02. The van der Waals surface area contributed by atoms with Crippen LogP contribution >= 0.6 is 0 Å². The molecule has 1 atom stereocenters. The molecule has 2 heteroatoms. The van der Waals surface area contributed by atoms with Crippen molar-refractivity contribution in [2.75, 3.05) is 6.61 Å². The minimum Gasteiger partial charge on any atom is -0.493 e. The minimum absolute atomic E-state index is 0.508. The van der Waals surface area contributed by atoms with Gasteiger partial charge in [-0.2, -0.15) is 0 Å². The molecule has 90 valence electrons. The van der Waals surface area contributed by atoms with Gasteiger partial charge in [0.25, 0.3) is 0 Å². The van der Waals surface area contributed by atoms with E-state index in [0.29, 0.717) is 6.61 Å². The first-order valence-corrected chi connectivity index (χ1v) is 6.06. The SMILES string of the molecule is CCCOc1c([C@H](C)O)ccc2ccccc12. The van der Waals surface area contributed by atoms with E-state index in [1.807, 2.05) is 30.3 Å². The van der Waals surface area contributed by atoms with E-state index in [0.717, 1.165) is 28.5 Å². The number of hydrogen-bond donors (Lipinski definition) is 1. The summed E-state index contributed by atoms with van der Waals surface area (Å²) in [6.45, 7) is 4.52. The van der Waals surface area contributed by atoms with Crippen molar-refractivity contribution in [3.05, 3.63) is 42.0 Å².